The second-order valence-electron chi connectivity index (χ2n) is 6.68. The van der Waals surface area contributed by atoms with E-state index in [4.69, 9.17) is 4.98 Å². The maximum atomic E-state index is 4.81. The third-order valence-corrected chi connectivity index (χ3v) is 4.15. The van der Waals surface area contributed by atoms with E-state index in [9.17, 15) is 0 Å². The lowest BCUT2D eigenvalue weighted by Crippen LogP contribution is -2.40. The molecule has 0 aromatic carbocycles. The van der Waals surface area contributed by atoms with Crippen molar-refractivity contribution in [2.24, 2.45) is 5.41 Å². The zero-order valence-electron chi connectivity index (χ0n) is 12.2. The molecule has 1 aliphatic carbocycles. The van der Waals surface area contributed by atoms with Crippen LogP contribution in [0.5, 0.6) is 0 Å². The van der Waals surface area contributed by atoms with Crippen LogP contribution in [-0.4, -0.2) is 30.1 Å². The van der Waals surface area contributed by atoms with Gasteiger partial charge in [-0.3, -0.25) is 0 Å². The third-order valence-electron chi connectivity index (χ3n) is 4.15. The molecule has 1 aromatic heterocycles. The molecule has 4 heteroatoms. The Balaban J connectivity index is 1.88. The smallest absolute Gasteiger partial charge is 0.136 e. The van der Waals surface area contributed by atoms with Crippen LogP contribution in [-0.2, 0) is 0 Å². The van der Waals surface area contributed by atoms with Crippen molar-refractivity contribution in [3.8, 4) is 0 Å². The van der Waals surface area contributed by atoms with Crippen molar-refractivity contribution in [1.82, 2.24) is 9.97 Å². The van der Waals surface area contributed by atoms with E-state index >= 15 is 0 Å². The second kappa shape index (κ2) is 4.66. The maximum absolute atomic E-state index is 4.81. The van der Waals surface area contributed by atoms with E-state index in [1.54, 1.807) is 0 Å². The number of nitrogens with zero attached hydrogens (tertiary/aromatic N) is 3. The summed E-state index contributed by atoms with van der Waals surface area (Å²) in [6, 6.07) is 2.09. The van der Waals surface area contributed by atoms with Crippen LogP contribution >= 0.6 is 0 Å². The fourth-order valence-electron chi connectivity index (χ4n) is 2.89. The van der Waals surface area contributed by atoms with Gasteiger partial charge in [-0.2, -0.15) is 0 Å². The summed E-state index contributed by atoms with van der Waals surface area (Å²) in [5.74, 6) is 3.69. The van der Waals surface area contributed by atoms with Gasteiger partial charge < -0.3 is 10.2 Å². The van der Waals surface area contributed by atoms with E-state index in [-0.39, 0.29) is 0 Å². The third kappa shape index (κ3) is 2.82. The highest BCUT2D eigenvalue weighted by Gasteiger charge is 2.30. The highest BCUT2D eigenvalue weighted by molar-refractivity contribution is 5.50. The number of rotatable bonds is 3. The first-order valence-corrected chi connectivity index (χ1v) is 7.39. The van der Waals surface area contributed by atoms with E-state index in [1.165, 1.54) is 25.7 Å². The van der Waals surface area contributed by atoms with Gasteiger partial charge >= 0.3 is 0 Å². The number of hydrogen-bond acceptors (Lipinski definition) is 4. The molecule has 19 heavy (non-hydrogen) atoms. The molecule has 0 radical (unpaired) electrons. The van der Waals surface area contributed by atoms with Gasteiger partial charge in [0.2, 0.25) is 0 Å². The Morgan fingerprint density at radius 2 is 2.11 bits per heavy atom. The topological polar surface area (TPSA) is 41.0 Å². The first kappa shape index (κ1) is 12.7. The summed E-state index contributed by atoms with van der Waals surface area (Å²) in [6.45, 7) is 6.91. The van der Waals surface area contributed by atoms with Gasteiger partial charge in [0, 0.05) is 32.1 Å². The van der Waals surface area contributed by atoms with Gasteiger partial charge in [-0.1, -0.05) is 13.8 Å². The van der Waals surface area contributed by atoms with Crippen LogP contribution in [0.3, 0.4) is 0 Å². The maximum Gasteiger partial charge on any atom is 0.136 e. The first-order valence-electron chi connectivity index (χ1n) is 7.39. The molecule has 0 bridgehead atoms. The summed E-state index contributed by atoms with van der Waals surface area (Å²) < 4.78 is 0. The molecule has 2 fully saturated rings. The van der Waals surface area contributed by atoms with Gasteiger partial charge in [0.05, 0.1) is 0 Å². The van der Waals surface area contributed by atoms with Gasteiger partial charge in [0.25, 0.3) is 0 Å². The molecular formula is C15H24N4. The highest BCUT2D eigenvalue weighted by atomic mass is 15.2. The lowest BCUT2D eigenvalue weighted by atomic mass is 9.84. The molecule has 1 aromatic rings. The van der Waals surface area contributed by atoms with Gasteiger partial charge in [-0.05, 0) is 31.1 Å². The Labute approximate surface area is 115 Å². The van der Waals surface area contributed by atoms with Crippen LogP contribution in [0, 0.1) is 5.41 Å². The summed E-state index contributed by atoms with van der Waals surface area (Å²) in [5, 5.41) is 3.17. The number of nitrogens with one attached hydrogen (secondary N) is 1. The van der Waals surface area contributed by atoms with Crippen LogP contribution in [0.4, 0.5) is 11.6 Å². The largest absolute Gasteiger partial charge is 0.373 e. The SMILES string of the molecule is CNc1cc(N2CCCC(C)(C)C2)nc(C2CC2)n1. The van der Waals surface area contributed by atoms with E-state index in [0.717, 1.165) is 30.5 Å². The average Bonchev–Trinajstić information content (AvgIpc) is 3.21. The molecule has 0 atom stereocenters. The standard InChI is InChI=1S/C15H24N4/c1-15(2)7-4-8-19(10-15)13-9-12(16-3)17-14(18-13)11-5-6-11/h9,11H,4-8,10H2,1-3H3,(H,16,17,18). The number of anilines is 2. The Bertz CT molecular complexity index is 465. The van der Waals surface area contributed by atoms with Crippen molar-refractivity contribution < 1.29 is 0 Å². The van der Waals surface area contributed by atoms with Gasteiger partial charge in [-0.25, -0.2) is 9.97 Å². The molecule has 0 unspecified atom stereocenters. The minimum Gasteiger partial charge on any atom is -0.373 e. The molecular weight excluding hydrogens is 236 g/mol. The number of aromatic nitrogens is 2. The summed E-state index contributed by atoms with van der Waals surface area (Å²) in [6.07, 6.45) is 5.06. The Morgan fingerprint density at radius 3 is 2.74 bits per heavy atom. The van der Waals surface area contributed by atoms with E-state index in [2.05, 4.69) is 35.1 Å². The quantitative estimate of drug-likeness (QED) is 0.907. The van der Waals surface area contributed by atoms with E-state index in [0.29, 0.717) is 11.3 Å². The predicted octanol–water partition coefficient (Wildman–Crippen LogP) is 3.02. The van der Waals surface area contributed by atoms with Crippen molar-refractivity contribution in [1.29, 1.82) is 0 Å². The summed E-state index contributed by atoms with van der Waals surface area (Å²) in [5.41, 5.74) is 0.392. The lowest BCUT2D eigenvalue weighted by Gasteiger charge is -2.38. The minimum atomic E-state index is 0.392. The van der Waals surface area contributed by atoms with Crippen LogP contribution in [0.15, 0.2) is 6.07 Å². The highest BCUT2D eigenvalue weighted by Crippen LogP contribution is 2.39. The molecule has 104 valence electrons. The van der Waals surface area contributed by atoms with E-state index < -0.39 is 0 Å². The van der Waals surface area contributed by atoms with Crippen LogP contribution in [0.2, 0.25) is 0 Å². The fraction of sp³-hybridized carbons (Fsp3) is 0.733. The summed E-state index contributed by atoms with van der Waals surface area (Å²) in [7, 11) is 1.93. The molecule has 0 amide bonds. The molecule has 1 N–H and O–H groups in total. The number of piperidine rings is 1. The number of hydrogen-bond donors (Lipinski definition) is 1. The molecule has 2 heterocycles. The minimum absolute atomic E-state index is 0.392. The van der Waals surface area contributed by atoms with E-state index in [1.807, 2.05) is 7.05 Å². The second-order valence-corrected chi connectivity index (χ2v) is 6.68. The Kier molecular flexibility index (Phi) is 3.11. The Morgan fingerprint density at radius 1 is 1.32 bits per heavy atom. The van der Waals surface area contributed by atoms with Crippen molar-refractivity contribution in [2.45, 2.75) is 45.4 Å². The summed E-state index contributed by atoms with van der Waals surface area (Å²) in [4.78, 5) is 11.8. The van der Waals surface area contributed by atoms with Crippen molar-refractivity contribution in [2.75, 3.05) is 30.4 Å². The average molecular weight is 260 g/mol. The van der Waals surface area contributed by atoms with Crippen LogP contribution in [0.1, 0.15) is 51.3 Å². The fourth-order valence-corrected chi connectivity index (χ4v) is 2.89. The summed E-state index contributed by atoms with van der Waals surface area (Å²) >= 11 is 0. The van der Waals surface area contributed by atoms with Crippen LogP contribution in [0.25, 0.3) is 0 Å². The monoisotopic (exact) mass is 260 g/mol. The first-order chi connectivity index (χ1) is 9.07. The van der Waals surface area contributed by atoms with Gasteiger partial charge in [0.1, 0.15) is 17.5 Å². The molecule has 4 nitrogen and oxygen atoms in total. The van der Waals surface area contributed by atoms with Crippen LogP contribution < -0.4 is 10.2 Å². The molecule has 1 saturated carbocycles. The predicted molar refractivity (Wildman–Crippen MR) is 78.8 cm³/mol. The molecule has 3 rings (SSSR count). The van der Waals surface area contributed by atoms with Gasteiger partial charge in [0.15, 0.2) is 0 Å². The normalized spacial score (nSPS) is 22.4. The molecule has 0 spiro atoms. The molecule has 1 aliphatic heterocycles. The molecule has 1 saturated heterocycles. The van der Waals surface area contributed by atoms with Crippen molar-refractivity contribution in [3.05, 3.63) is 11.9 Å². The zero-order valence-corrected chi connectivity index (χ0v) is 12.2. The lowest BCUT2D eigenvalue weighted by molar-refractivity contribution is 0.292. The van der Waals surface area contributed by atoms with Crippen molar-refractivity contribution >= 4 is 11.6 Å². The van der Waals surface area contributed by atoms with Crippen molar-refractivity contribution in [3.63, 3.8) is 0 Å². The Hall–Kier alpha value is -1.32. The molecule has 2 aliphatic rings. The zero-order chi connectivity index (χ0) is 13.5. The van der Waals surface area contributed by atoms with Gasteiger partial charge in [-0.15, -0.1) is 0 Å².